The number of ether oxygens (including phenoxy) is 4. The molecule has 0 saturated heterocycles. The molecular weight excluding hydrogens is 1440 g/mol. The number of alkyl halides is 6. The molecule has 4 bridgehead atoms. The van der Waals surface area contributed by atoms with E-state index in [1.165, 1.54) is 42.8 Å². The minimum atomic E-state index is -5.27. The molecule has 0 amide bonds. The van der Waals surface area contributed by atoms with E-state index in [1.807, 2.05) is 66.7 Å². The summed E-state index contributed by atoms with van der Waals surface area (Å²) in [6.45, 7) is 37.2. The van der Waals surface area contributed by atoms with Crippen LogP contribution in [-0.4, -0.2) is 83.7 Å². The van der Waals surface area contributed by atoms with Gasteiger partial charge in [0, 0.05) is 27.7 Å². The molecule has 23 heteroatoms. The molecule has 14 nitrogen and oxygen atoms in total. The summed E-state index contributed by atoms with van der Waals surface area (Å²) >= 11 is 0. The number of phenols is 1. The first-order valence-electron chi connectivity index (χ1n) is 37.0. The Labute approximate surface area is 637 Å². The fourth-order valence-corrected chi connectivity index (χ4v) is 17.3. The van der Waals surface area contributed by atoms with Gasteiger partial charge in [-0.05, 0) is 251 Å². The Morgan fingerprint density at radius 1 is 0.648 bits per heavy atom. The first kappa shape index (κ1) is 91.2. The smallest absolute Gasteiger partial charge is 0.426 e. The van der Waals surface area contributed by atoms with Crippen molar-refractivity contribution >= 4 is 70.4 Å². The third-order valence-corrected chi connectivity index (χ3v) is 25.2. The normalized spacial score (nSPS) is 21.5. The van der Waals surface area contributed by atoms with Gasteiger partial charge in [-0.25, -0.2) is 12.8 Å². The van der Waals surface area contributed by atoms with Gasteiger partial charge in [-0.15, -0.1) is 0 Å². The number of rotatable bonds is 18. The van der Waals surface area contributed by atoms with Crippen LogP contribution in [0.2, 0.25) is 0 Å². The Hall–Kier alpha value is -7.37. The van der Waals surface area contributed by atoms with Crippen molar-refractivity contribution in [3.05, 3.63) is 156 Å². The van der Waals surface area contributed by atoms with Gasteiger partial charge in [0.05, 0.1) is 37.5 Å². The summed E-state index contributed by atoms with van der Waals surface area (Å²) in [7, 11) is -5.21. The Balaban J connectivity index is 0.000000242. The number of thiophene rings is 1. The van der Waals surface area contributed by atoms with Crippen LogP contribution in [0.4, 0.5) is 30.7 Å². The van der Waals surface area contributed by atoms with E-state index in [9.17, 15) is 72.8 Å². The Morgan fingerprint density at radius 2 is 1.13 bits per heavy atom. The van der Waals surface area contributed by atoms with Crippen LogP contribution in [0.25, 0.3) is 25.1 Å². The number of hydrogen-bond donors (Lipinski definition) is 1. The summed E-state index contributed by atoms with van der Waals surface area (Å²) < 4.78 is 144. The molecule has 1 aromatic heterocycles. The highest BCUT2D eigenvalue weighted by Crippen LogP contribution is 2.64. The molecule has 5 aromatic carbocycles. The molecule has 5 aliphatic carbocycles. The molecule has 11 rings (SSSR count). The van der Waals surface area contributed by atoms with Gasteiger partial charge in [-0.2, -0.15) is 26.3 Å². The van der Waals surface area contributed by atoms with Crippen molar-refractivity contribution in [2.24, 2.45) is 50.2 Å². The molecule has 598 valence electrons. The van der Waals surface area contributed by atoms with Gasteiger partial charge in [0.25, 0.3) is 0 Å². The number of hydrogen-bond acceptors (Lipinski definition) is 14. The molecule has 4 unspecified atom stereocenters. The number of allylic oxidation sites excluding steroid dienone is 2. The summed E-state index contributed by atoms with van der Waals surface area (Å²) in [5.41, 5.74) is -2.35. The number of fused-ring (bicyclic) bond motifs is 3. The van der Waals surface area contributed by atoms with Crippen LogP contribution in [0.5, 0.6) is 5.75 Å². The van der Waals surface area contributed by atoms with Crippen molar-refractivity contribution in [2.45, 2.75) is 250 Å². The van der Waals surface area contributed by atoms with E-state index in [-0.39, 0.29) is 74.9 Å². The maximum atomic E-state index is 13.3. The van der Waals surface area contributed by atoms with Gasteiger partial charge in [0.1, 0.15) is 28.9 Å². The largest absolute Gasteiger partial charge is 0.869 e. The summed E-state index contributed by atoms with van der Waals surface area (Å²) in [6.07, 6.45) is -5.40. The second-order valence-electron chi connectivity index (χ2n) is 33.4. The number of benzene rings is 5. The summed E-state index contributed by atoms with van der Waals surface area (Å²) in [6, 6.07) is 42.0. The summed E-state index contributed by atoms with van der Waals surface area (Å²) in [5.74, 6) is -5.55. The highest BCUT2D eigenvalue weighted by atomic mass is 32.2. The van der Waals surface area contributed by atoms with Gasteiger partial charge in [-0.3, -0.25) is 24.0 Å². The molecule has 108 heavy (non-hydrogen) atoms. The molecule has 6 aromatic rings. The van der Waals surface area contributed by atoms with Crippen LogP contribution in [0.3, 0.4) is 0 Å². The van der Waals surface area contributed by atoms with Crippen LogP contribution >= 0.6 is 10.5 Å². The second-order valence-corrected chi connectivity index (χ2v) is 36.8. The maximum Gasteiger partial charge on any atom is 0.426 e. The second kappa shape index (κ2) is 36.2. The van der Waals surface area contributed by atoms with Crippen molar-refractivity contribution < 1.29 is 96.8 Å². The van der Waals surface area contributed by atoms with Crippen LogP contribution in [0.15, 0.2) is 139 Å². The predicted molar refractivity (Wildman–Crippen MR) is 407 cm³/mol. The lowest BCUT2D eigenvalue weighted by Crippen LogP contribution is -2.61. The zero-order valence-electron chi connectivity index (χ0n) is 66.1. The first-order chi connectivity index (χ1) is 49.6. The number of carbonyl (C=O) groups is 5. The average molecular weight is 1550 g/mol. The van der Waals surface area contributed by atoms with E-state index in [1.54, 1.807) is 45.9 Å². The van der Waals surface area contributed by atoms with E-state index in [2.05, 4.69) is 132 Å². The SMILES string of the molecule is CC(=O)/C=C(\[O-])C(F)(F)F.CCC(C)(C)C(=O)OC(C)(C)c1cccc(F)c1.CCC(C)(C)C(=O)OC12CC3CC(C1)CC(C(=O)OC(CS(=O)(=O)[O-])C(F)(F)F)(C3)C2.CCC(C)(C)C(=O)OC1CC(C)(C)C(C)C(C)(C)C1.CCC(C)c1cccc(O)c1.c1ccc(-[s+]2c3ccccc3c3ccccc32)cc1. The molecule has 0 spiro atoms. The van der Waals surface area contributed by atoms with Crippen molar-refractivity contribution in [3.8, 4) is 10.6 Å². The monoisotopic (exact) mass is 1550 g/mol. The van der Waals surface area contributed by atoms with Gasteiger partial charge >= 0.3 is 36.2 Å². The molecule has 5 aliphatic rings. The molecule has 4 atom stereocenters. The molecule has 5 saturated carbocycles. The average Bonchev–Trinajstić information content (AvgIpc) is 0.934. The molecule has 1 N–H and O–H groups in total. The number of aromatic hydroxyl groups is 1. The highest BCUT2D eigenvalue weighted by molar-refractivity contribution is 7.85. The Kier molecular flexibility index (Phi) is 30.6. The summed E-state index contributed by atoms with van der Waals surface area (Å²) in [4.78, 5) is 61.3. The molecule has 0 aliphatic heterocycles. The van der Waals surface area contributed by atoms with Crippen LogP contribution in [-0.2, 0) is 58.6 Å². The van der Waals surface area contributed by atoms with E-state index in [0.29, 0.717) is 61.7 Å². The molecule has 1 heterocycles. The lowest BCUT2D eigenvalue weighted by molar-refractivity contribution is -0.360. The number of ketones is 1. The molecule has 0 radical (unpaired) electrons. The zero-order valence-corrected chi connectivity index (χ0v) is 67.7. The number of esters is 4. The van der Waals surface area contributed by atoms with E-state index < -0.39 is 85.3 Å². The minimum absolute atomic E-state index is 0.00100. The first-order valence-corrected chi connectivity index (χ1v) is 39.8. The van der Waals surface area contributed by atoms with Crippen molar-refractivity contribution in [2.75, 3.05) is 5.75 Å². The Morgan fingerprint density at radius 3 is 1.57 bits per heavy atom. The Bertz CT molecular complexity index is 4100. The van der Waals surface area contributed by atoms with Crippen LogP contribution in [0, 0.1) is 56.1 Å². The maximum absolute atomic E-state index is 13.3. The van der Waals surface area contributed by atoms with Crippen LogP contribution < -0.4 is 5.11 Å². The van der Waals surface area contributed by atoms with E-state index in [4.69, 9.17) is 19.3 Å². The molecular formula is C85H112F7O14S2-. The lowest BCUT2D eigenvalue weighted by Gasteiger charge is -2.60. The lowest BCUT2D eigenvalue weighted by atomic mass is 9.48. The summed E-state index contributed by atoms with van der Waals surface area (Å²) in [5, 5.41) is 21.8. The van der Waals surface area contributed by atoms with Crippen molar-refractivity contribution in [1.82, 2.24) is 0 Å². The number of phenolic OH excluding ortho intramolecular Hbond substituents is 1. The van der Waals surface area contributed by atoms with Crippen LogP contribution in [0.1, 0.15) is 226 Å². The quantitative estimate of drug-likeness (QED) is 0.0161. The van der Waals surface area contributed by atoms with Gasteiger partial charge in [0.15, 0.2) is 20.1 Å². The van der Waals surface area contributed by atoms with Crippen molar-refractivity contribution in [1.29, 1.82) is 0 Å². The fraction of sp³-hybridized carbons (Fsp3) is 0.565. The standard InChI is InChI=1S/C20H29F3O7S.C18H13S.C17H32O2.C15H21FO2.C10H14O.C5H5F3O2/c1-4-17(2,3)15(24)30-19-8-12-5-13(9-19)7-18(6-12,11-19)16(25)29-14(20(21,22)23)10-31(26,27)28;1-2-8-14(9-3-1)19-17-12-6-4-10-15(17)16-11-5-7-13-18(16)19;1-9-15(3,4)14(18)19-13-10-16(5,6)12(2)17(7,8)11-13;1-6-14(2,3)13(17)18-15(4,5)11-8-7-9-12(16)10-11;1-3-8(2)9-5-4-6-10(11)7-9;1-3(9)2-4(10)5(6,7)8/h12-14H,4-11H2,1-3H3,(H,26,27,28);1-13H;12-13H,9-11H2,1-8H3;7-10H,6H2,1-5H3;4-8,11H,3H2,1-2H3;2,10H,1H3/q;+1;;;;/p-2/b;;;;;4-2-. The minimum Gasteiger partial charge on any atom is -0.869 e. The van der Waals surface area contributed by atoms with E-state index >= 15 is 0 Å². The highest BCUT2D eigenvalue weighted by Gasteiger charge is 2.64. The molecule has 5 fully saturated rings. The van der Waals surface area contributed by atoms with Crippen molar-refractivity contribution in [3.63, 3.8) is 0 Å². The van der Waals surface area contributed by atoms with Gasteiger partial charge in [-0.1, -0.05) is 136 Å². The number of halogens is 7. The van der Waals surface area contributed by atoms with E-state index in [0.717, 1.165) is 39.0 Å². The zero-order chi connectivity index (χ0) is 81.8. The van der Waals surface area contributed by atoms with Gasteiger partial charge < -0.3 is 33.7 Å². The van der Waals surface area contributed by atoms with Gasteiger partial charge in [0.2, 0.25) is 6.10 Å². The third kappa shape index (κ3) is 24.8. The number of carbonyl (C=O) groups excluding carboxylic acids is 5. The third-order valence-electron chi connectivity index (χ3n) is 22.2. The predicted octanol–water partition coefficient (Wildman–Crippen LogP) is 21.2. The fourth-order valence-electron chi connectivity index (χ4n) is 14.3. The topological polar surface area (TPSA) is 223 Å².